The van der Waals surface area contributed by atoms with Gasteiger partial charge in [0.1, 0.15) is 0 Å². The van der Waals surface area contributed by atoms with Gasteiger partial charge in [-0.3, -0.25) is 12.2 Å². The van der Waals surface area contributed by atoms with E-state index >= 15 is 0 Å². The van der Waals surface area contributed by atoms with Crippen LogP contribution in [0.4, 0.5) is 0 Å². The number of rotatable bonds is 2. The molecule has 0 aromatic heterocycles. The molecule has 24 heavy (non-hydrogen) atoms. The largest absolute Gasteiger partial charge is 0.266 e. The summed E-state index contributed by atoms with van der Waals surface area (Å²) in [6.07, 6.45) is 11.0. The van der Waals surface area contributed by atoms with E-state index in [1.165, 1.54) is 22.3 Å². The van der Waals surface area contributed by atoms with Gasteiger partial charge in [0.15, 0.2) is 0 Å². The summed E-state index contributed by atoms with van der Waals surface area (Å²) in [4.78, 5) is 0. The van der Waals surface area contributed by atoms with E-state index in [0.717, 1.165) is 12.1 Å². The third-order valence-electron chi connectivity index (χ3n) is 4.18. The first-order chi connectivity index (χ1) is 10.5. The van der Waals surface area contributed by atoms with Crippen LogP contribution in [0.5, 0.6) is 0 Å². The van der Waals surface area contributed by atoms with Gasteiger partial charge in [-0.1, -0.05) is 67.2 Å². The van der Waals surface area contributed by atoms with Crippen molar-refractivity contribution in [2.24, 2.45) is 11.8 Å². The maximum absolute atomic E-state index is 5.81. The Bertz CT molecular complexity index is 458. The second-order valence-corrected chi connectivity index (χ2v) is 14.5. The molecule has 0 N–H and O–H groups in total. The average Bonchev–Trinajstić information content (AvgIpc) is 2.92. The van der Waals surface area contributed by atoms with Gasteiger partial charge in [-0.25, -0.2) is 23.3 Å². The molecular weight excluding hydrogens is 518 g/mol. The molecule has 0 heterocycles. The topological polar surface area (TPSA) is 0 Å². The van der Waals surface area contributed by atoms with Gasteiger partial charge in [-0.15, -0.1) is 22.2 Å². The van der Waals surface area contributed by atoms with Crippen molar-refractivity contribution in [2.45, 2.75) is 67.5 Å². The first-order valence-corrected chi connectivity index (χ1v) is 12.9. The van der Waals surface area contributed by atoms with Crippen LogP contribution in [0, 0.1) is 24.0 Å². The Labute approximate surface area is 179 Å². The zero-order valence-electron chi connectivity index (χ0n) is 16.5. The van der Waals surface area contributed by atoms with E-state index in [2.05, 4.69) is 65.8 Å². The fourth-order valence-electron chi connectivity index (χ4n) is 2.18. The van der Waals surface area contributed by atoms with E-state index in [1.807, 2.05) is 13.8 Å². The number of hydrogen-bond donors (Lipinski definition) is 0. The van der Waals surface area contributed by atoms with Gasteiger partial charge in [0, 0.05) is 25.8 Å². The average molecular weight is 550 g/mol. The van der Waals surface area contributed by atoms with E-state index in [9.17, 15) is 0 Å². The van der Waals surface area contributed by atoms with Crippen molar-refractivity contribution in [1.29, 1.82) is 0 Å². The van der Waals surface area contributed by atoms with E-state index < -0.39 is 6.69 Å². The van der Waals surface area contributed by atoms with Crippen molar-refractivity contribution in [2.75, 3.05) is 0 Å². The second-order valence-electron chi connectivity index (χ2n) is 6.44. The first-order valence-electron chi connectivity index (χ1n) is 8.46. The van der Waals surface area contributed by atoms with Gasteiger partial charge in [0.05, 0.1) is 0 Å². The summed E-state index contributed by atoms with van der Waals surface area (Å²) < 4.78 is 0. The Morgan fingerprint density at radius 3 is 1.17 bits per heavy atom. The van der Waals surface area contributed by atoms with Crippen LogP contribution in [0.1, 0.15) is 55.4 Å². The van der Waals surface area contributed by atoms with Crippen molar-refractivity contribution in [3.63, 3.8) is 0 Å². The molecule has 2 atom stereocenters. The summed E-state index contributed by atoms with van der Waals surface area (Å²) >= 11 is 11.6. The molecule has 0 spiro atoms. The molecule has 136 valence electrons. The van der Waals surface area contributed by atoms with Crippen molar-refractivity contribution >= 4 is 28.9 Å². The minimum absolute atomic E-state index is 0. The van der Waals surface area contributed by atoms with E-state index in [-0.39, 0.29) is 25.8 Å². The van der Waals surface area contributed by atoms with Crippen LogP contribution in [0.3, 0.4) is 0 Å². The number of halogens is 2. The summed E-state index contributed by atoms with van der Waals surface area (Å²) in [6.45, 7) is 15.2. The standard InChI is InChI=1S/2C8H11.C4H10Cl2Si.Hf/c2*1-6-4-7(2)8(3)5-6;1-3-7(5,6)4-2;/h2*4,8H,1-3H3;3-4H2,1-2H3;/q2*-1;;. The first kappa shape index (κ1) is 26.9. The molecule has 2 unspecified atom stereocenters. The molecule has 0 radical (unpaired) electrons. The zero-order valence-corrected chi connectivity index (χ0v) is 22.6. The Kier molecular flexibility index (Phi) is 14.4. The summed E-state index contributed by atoms with van der Waals surface area (Å²) in [7, 11) is 0. The van der Waals surface area contributed by atoms with Crippen molar-refractivity contribution < 1.29 is 25.8 Å². The molecule has 0 saturated heterocycles. The van der Waals surface area contributed by atoms with Gasteiger partial charge in [-0.2, -0.15) is 11.1 Å². The fraction of sp³-hybridized carbons (Fsp3) is 0.600. The molecular formula is C20H32Cl2HfSi-2. The molecule has 2 aliphatic carbocycles. The predicted octanol–water partition coefficient (Wildman–Crippen LogP) is 7.61. The van der Waals surface area contributed by atoms with Gasteiger partial charge in [0.25, 0.3) is 6.69 Å². The molecule has 2 rings (SSSR count). The molecule has 4 heteroatoms. The van der Waals surface area contributed by atoms with Crippen LogP contribution in [-0.2, 0) is 25.8 Å². The summed E-state index contributed by atoms with van der Waals surface area (Å²) in [5.41, 5.74) is 5.44. The SMILES string of the molecule is CC1=[C-]C(C)C(C)=C1.CC1=[C-]C(C)C(C)=C1.CC[Si](Cl)(Cl)CC.[Hf]. The molecule has 0 fully saturated rings. The summed E-state index contributed by atoms with van der Waals surface area (Å²) in [6, 6.07) is 1.93. The molecule has 0 amide bonds. The fourth-order valence-corrected chi connectivity index (χ4v) is 2.68. The Morgan fingerprint density at radius 1 is 0.833 bits per heavy atom. The van der Waals surface area contributed by atoms with Crippen LogP contribution in [0.15, 0.2) is 34.4 Å². The monoisotopic (exact) mass is 550 g/mol. The molecule has 0 aliphatic heterocycles. The van der Waals surface area contributed by atoms with Crippen molar-refractivity contribution in [3.05, 3.63) is 46.6 Å². The van der Waals surface area contributed by atoms with Gasteiger partial charge in [0.2, 0.25) is 0 Å². The van der Waals surface area contributed by atoms with Gasteiger partial charge >= 0.3 is 0 Å². The number of hydrogen-bond acceptors (Lipinski definition) is 0. The normalized spacial score (nSPS) is 21.9. The molecule has 0 saturated carbocycles. The minimum atomic E-state index is -1.71. The van der Waals surface area contributed by atoms with Crippen LogP contribution in [0.25, 0.3) is 0 Å². The van der Waals surface area contributed by atoms with Crippen LogP contribution in [0.2, 0.25) is 12.1 Å². The maximum Gasteiger partial charge on any atom is 0.250 e. The Balaban J connectivity index is 0. The van der Waals surface area contributed by atoms with E-state index in [1.54, 1.807) is 0 Å². The molecule has 0 bridgehead atoms. The number of allylic oxidation sites excluding steroid dienone is 8. The maximum atomic E-state index is 5.81. The summed E-state index contributed by atoms with van der Waals surface area (Å²) in [5, 5.41) is 0. The molecule has 0 nitrogen and oxygen atoms in total. The van der Waals surface area contributed by atoms with Crippen LogP contribution < -0.4 is 0 Å². The molecule has 2 aliphatic rings. The Hall–Kier alpha value is 0.627. The van der Waals surface area contributed by atoms with Gasteiger partial charge in [-0.05, 0) is 12.1 Å². The molecule has 0 aromatic carbocycles. The summed E-state index contributed by atoms with van der Waals surface area (Å²) in [5.74, 6) is 1.13. The van der Waals surface area contributed by atoms with E-state index in [0.29, 0.717) is 11.8 Å². The Morgan fingerprint density at radius 2 is 1.12 bits per heavy atom. The van der Waals surface area contributed by atoms with Crippen molar-refractivity contribution in [1.82, 2.24) is 0 Å². The minimum Gasteiger partial charge on any atom is -0.266 e. The third kappa shape index (κ3) is 11.3. The second kappa shape index (κ2) is 12.9. The molecule has 0 aromatic rings. The zero-order chi connectivity index (χ0) is 18.2. The van der Waals surface area contributed by atoms with Crippen LogP contribution >= 0.6 is 22.2 Å². The van der Waals surface area contributed by atoms with Crippen molar-refractivity contribution in [3.8, 4) is 0 Å². The predicted molar refractivity (Wildman–Crippen MR) is 109 cm³/mol. The smallest absolute Gasteiger partial charge is 0.250 e. The van der Waals surface area contributed by atoms with Gasteiger partial charge < -0.3 is 0 Å². The van der Waals surface area contributed by atoms with E-state index in [4.69, 9.17) is 22.2 Å². The third-order valence-corrected chi connectivity index (χ3v) is 9.45. The quantitative estimate of drug-likeness (QED) is 0.189. The van der Waals surface area contributed by atoms with Crippen LogP contribution in [-0.4, -0.2) is 6.69 Å².